The summed E-state index contributed by atoms with van der Waals surface area (Å²) in [5.41, 5.74) is 6.44. The second kappa shape index (κ2) is 6.41. The highest BCUT2D eigenvalue weighted by Gasteiger charge is 2.17. The summed E-state index contributed by atoms with van der Waals surface area (Å²) in [6.07, 6.45) is 0. The summed E-state index contributed by atoms with van der Waals surface area (Å²) < 4.78 is 0. The molecule has 0 aliphatic heterocycles. The largest absolute Gasteiger partial charge is 0.0622 e. The molecule has 0 amide bonds. The molecule has 0 aromatic heterocycles. The maximum absolute atomic E-state index is 2.33. The molecule has 0 bridgehead atoms. The van der Waals surface area contributed by atoms with Crippen LogP contribution in [0.1, 0.15) is 5.56 Å². The van der Waals surface area contributed by atoms with Crippen molar-refractivity contribution in [2.45, 2.75) is 6.92 Å². The van der Waals surface area contributed by atoms with Crippen molar-refractivity contribution < 1.29 is 0 Å². The molecule has 5 aromatic carbocycles. The van der Waals surface area contributed by atoms with Crippen molar-refractivity contribution >= 4 is 21.5 Å². The van der Waals surface area contributed by atoms with E-state index in [4.69, 9.17) is 0 Å². The van der Waals surface area contributed by atoms with Gasteiger partial charge < -0.3 is 0 Å². The third-order valence-electron chi connectivity index (χ3n) is 5.31. The zero-order chi connectivity index (χ0) is 18.2. The van der Waals surface area contributed by atoms with Crippen LogP contribution in [-0.4, -0.2) is 0 Å². The Balaban J connectivity index is 2.07. The van der Waals surface area contributed by atoms with E-state index in [2.05, 4.69) is 110 Å². The van der Waals surface area contributed by atoms with Crippen molar-refractivity contribution in [2.75, 3.05) is 0 Å². The van der Waals surface area contributed by atoms with Crippen LogP contribution in [0.15, 0.2) is 103 Å². The van der Waals surface area contributed by atoms with E-state index in [-0.39, 0.29) is 0 Å². The number of benzene rings is 5. The lowest BCUT2D eigenvalue weighted by atomic mass is 9.84. The van der Waals surface area contributed by atoms with Gasteiger partial charge in [0, 0.05) is 0 Å². The van der Waals surface area contributed by atoms with E-state index in [1.165, 1.54) is 49.4 Å². The zero-order valence-corrected chi connectivity index (χ0v) is 15.3. The molecule has 0 nitrogen and oxygen atoms in total. The maximum Gasteiger partial charge on any atom is -0.00203 e. The summed E-state index contributed by atoms with van der Waals surface area (Å²) in [5.74, 6) is 0. The Kier molecular flexibility index (Phi) is 3.76. The van der Waals surface area contributed by atoms with E-state index in [9.17, 15) is 0 Å². The predicted molar refractivity (Wildman–Crippen MR) is 117 cm³/mol. The van der Waals surface area contributed by atoms with Crippen LogP contribution in [0.4, 0.5) is 0 Å². The van der Waals surface area contributed by atoms with Crippen molar-refractivity contribution in [3.63, 3.8) is 0 Å². The molecular weight excluding hydrogens is 324 g/mol. The molecule has 0 saturated carbocycles. The summed E-state index contributed by atoms with van der Waals surface area (Å²) in [6.45, 7) is 2.17. The van der Waals surface area contributed by atoms with Crippen molar-refractivity contribution in [1.29, 1.82) is 0 Å². The average molecular weight is 344 g/mol. The second-order valence-corrected chi connectivity index (χ2v) is 7.08. The Labute approximate surface area is 159 Å². The molecule has 0 radical (unpaired) electrons. The van der Waals surface area contributed by atoms with Gasteiger partial charge in [0.1, 0.15) is 0 Å². The van der Waals surface area contributed by atoms with Crippen LogP contribution in [0.2, 0.25) is 0 Å². The summed E-state index contributed by atoms with van der Waals surface area (Å²) in [4.78, 5) is 0. The smallest absolute Gasteiger partial charge is 0.00203 e. The predicted octanol–water partition coefficient (Wildman–Crippen LogP) is 7.64. The van der Waals surface area contributed by atoms with Gasteiger partial charge in [-0.05, 0) is 50.7 Å². The van der Waals surface area contributed by atoms with Crippen LogP contribution >= 0.6 is 0 Å². The molecule has 0 saturated heterocycles. The molecule has 0 heteroatoms. The number of hydrogen-bond acceptors (Lipinski definition) is 0. The van der Waals surface area contributed by atoms with Gasteiger partial charge in [0.05, 0.1) is 0 Å². The molecule has 0 spiro atoms. The molecule has 128 valence electrons. The third kappa shape index (κ3) is 2.62. The van der Waals surface area contributed by atoms with Gasteiger partial charge in [-0.2, -0.15) is 0 Å². The summed E-state index contributed by atoms with van der Waals surface area (Å²) in [5, 5.41) is 5.25. The van der Waals surface area contributed by atoms with Crippen molar-refractivity contribution in [3.05, 3.63) is 109 Å². The van der Waals surface area contributed by atoms with Gasteiger partial charge in [-0.3, -0.25) is 0 Å². The fraction of sp³-hybridized carbons (Fsp3) is 0.0370. The van der Waals surface area contributed by atoms with Crippen LogP contribution in [-0.2, 0) is 0 Å². The van der Waals surface area contributed by atoms with Crippen LogP contribution in [0.3, 0.4) is 0 Å². The molecule has 0 fully saturated rings. The van der Waals surface area contributed by atoms with Crippen LogP contribution < -0.4 is 0 Å². The fourth-order valence-corrected chi connectivity index (χ4v) is 4.11. The number of aryl methyl sites for hydroxylation is 1. The first-order valence-corrected chi connectivity index (χ1v) is 9.39. The first-order chi connectivity index (χ1) is 13.3. The lowest BCUT2D eigenvalue weighted by Crippen LogP contribution is -1.92. The molecule has 5 rings (SSSR count). The van der Waals surface area contributed by atoms with Gasteiger partial charge in [-0.25, -0.2) is 0 Å². The van der Waals surface area contributed by atoms with Crippen LogP contribution in [0.5, 0.6) is 0 Å². The summed E-state index contributed by atoms with van der Waals surface area (Å²) >= 11 is 0. The van der Waals surface area contributed by atoms with Gasteiger partial charge in [0.15, 0.2) is 0 Å². The maximum atomic E-state index is 2.33. The number of hydrogen-bond donors (Lipinski definition) is 0. The van der Waals surface area contributed by atoms with Gasteiger partial charge in [0.2, 0.25) is 0 Å². The van der Waals surface area contributed by atoms with E-state index in [0.717, 1.165) is 0 Å². The normalized spacial score (nSPS) is 11.1. The van der Waals surface area contributed by atoms with E-state index >= 15 is 0 Å². The highest BCUT2D eigenvalue weighted by atomic mass is 14.2. The summed E-state index contributed by atoms with van der Waals surface area (Å²) in [7, 11) is 0. The highest BCUT2D eigenvalue weighted by molar-refractivity contribution is 6.21. The molecule has 0 aliphatic carbocycles. The Bertz CT molecular complexity index is 1250. The van der Waals surface area contributed by atoms with E-state index < -0.39 is 0 Å². The molecule has 0 atom stereocenters. The molecule has 0 aliphatic rings. The minimum atomic E-state index is 1.26. The van der Waals surface area contributed by atoms with Crippen LogP contribution in [0.25, 0.3) is 43.8 Å². The van der Waals surface area contributed by atoms with Gasteiger partial charge in [-0.1, -0.05) is 109 Å². The Morgan fingerprint density at radius 2 is 0.889 bits per heavy atom. The van der Waals surface area contributed by atoms with E-state index in [1.54, 1.807) is 0 Å². The fourth-order valence-electron chi connectivity index (χ4n) is 4.11. The van der Waals surface area contributed by atoms with Crippen molar-refractivity contribution in [2.24, 2.45) is 0 Å². The topological polar surface area (TPSA) is 0 Å². The minimum Gasteiger partial charge on any atom is -0.0622 e. The minimum absolute atomic E-state index is 1.26. The van der Waals surface area contributed by atoms with Crippen LogP contribution in [0, 0.1) is 6.92 Å². The Morgan fingerprint density at radius 3 is 1.52 bits per heavy atom. The van der Waals surface area contributed by atoms with Crippen molar-refractivity contribution in [1.82, 2.24) is 0 Å². The lowest BCUT2D eigenvalue weighted by molar-refractivity contribution is 1.51. The molecule has 5 aromatic rings. The van der Waals surface area contributed by atoms with Gasteiger partial charge in [-0.15, -0.1) is 0 Å². The van der Waals surface area contributed by atoms with Gasteiger partial charge >= 0.3 is 0 Å². The molecule has 0 heterocycles. The Hall–Kier alpha value is -3.38. The van der Waals surface area contributed by atoms with Gasteiger partial charge in [0.25, 0.3) is 0 Å². The first-order valence-electron chi connectivity index (χ1n) is 9.39. The monoisotopic (exact) mass is 344 g/mol. The molecule has 0 N–H and O–H groups in total. The van der Waals surface area contributed by atoms with E-state index in [0.29, 0.717) is 0 Å². The standard InChI is InChI=1S/C27H20/c1-19-16-17-23-22-14-8-9-15-24(22)26(20-10-4-2-5-11-20)27(25(23)18-19)21-12-6-3-7-13-21/h2-18H,1H3. The summed E-state index contributed by atoms with van der Waals surface area (Å²) in [6, 6.07) is 37.1. The molecule has 27 heavy (non-hydrogen) atoms. The zero-order valence-electron chi connectivity index (χ0n) is 15.3. The molecular formula is C27H20. The second-order valence-electron chi connectivity index (χ2n) is 7.08. The number of rotatable bonds is 2. The quantitative estimate of drug-likeness (QED) is 0.289. The lowest BCUT2D eigenvalue weighted by Gasteiger charge is -2.19. The molecule has 0 unspecified atom stereocenters. The number of fused-ring (bicyclic) bond motifs is 3. The van der Waals surface area contributed by atoms with Crippen molar-refractivity contribution in [3.8, 4) is 22.3 Å². The third-order valence-corrected chi connectivity index (χ3v) is 5.31. The Morgan fingerprint density at radius 1 is 0.407 bits per heavy atom. The first kappa shape index (κ1) is 15.8. The SMILES string of the molecule is Cc1ccc2c(c1)c(-c1ccccc1)c(-c1ccccc1)c1ccccc12. The highest BCUT2D eigenvalue weighted by Crippen LogP contribution is 2.44. The van der Waals surface area contributed by atoms with E-state index in [1.807, 2.05) is 0 Å². The average Bonchev–Trinajstić information content (AvgIpc) is 2.74.